The fourth-order valence-corrected chi connectivity index (χ4v) is 2.61. The van der Waals surface area contributed by atoms with E-state index in [2.05, 4.69) is 13.8 Å². The second-order valence-electron chi connectivity index (χ2n) is 6.16. The van der Waals surface area contributed by atoms with Gasteiger partial charge in [-0.3, -0.25) is 4.90 Å². The summed E-state index contributed by atoms with van der Waals surface area (Å²) in [5.41, 5.74) is -0.583. The highest BCUT2D eigenvalue weighted by Crippen LogP contribution is 2.21. The van der Waals surface area contributed by atoms with Crippen molar-refractivity contribution >= 4 is 12.4 Å². The summed E-state index contributed by atoms with van der Waals surface area (Å²) in [6, 6.07) is 0. The second-order valence-corrected chi connectivity index (χ2v) is 6.16. The first kappa shape index (κ1) is 22.5. The van der Waals surface area contributed by atoms with E-state index in [4.69, 9.17) is 0 Å². The molecule has 1 atom stereocenters. The Morgan fingerprint density at radius 1 is 0.750 bits per heavy atom. The van der Waals surface area contributed by atoms with E-state index in [1.165, 1.54) is 57.8 Å². The number of halogens is 1. The first-order valence-corrected chi connectivity index (χ1v) is 8.46. The highest BCUT2D eigenvalue weighted by Gasteiger charge is 2.25. The van der Waals surface area contributed by atoms with E-state index in [-0.39, 0.29) is 12.4 Å². The molecule has 0 saturated heterocycles. The van der Waals surface area contributed by atoms with E-state index in [1.807, 2.05) is 19.0 Å². The highest BCUT2D eigenvalue weighted by atomic mass is 35.5. The summed E-state index contributed by atoms with van der Waals surface area (Å²) in [6.07, 6.45) is 15.2. The third kappa shape index (κ3) is 10.9. The van der Waals surface area contributed by atoms with E-state index < -0.39 is 5.72 Å². The summed E-state index contributed by atoms with van der Waals surface area (Å²) in [7, 11) is 3.94. The van der Waals surface area contributed by atoms with Crippen LogP contribution in [0.25, 0.3) is 0 Å². The van der Waals surface area contributed by atoms with Crippen LogP contribution in [0.1, 0.15) is 90.9 Å². The fourth-order valence-electron chi connectivity index (χ4n) is 2.61. The van der Waals surface area contributed by atoms with Crippen LogP contribution in [0, 0.1) is 0 Å². The zero-order valence-corrected chi connectivity index (χ0v) is 15.1. The van der Waals surface area contributed by atoms with Crippen LogP contribution in [-0.2, 0) is 0 Å². The van der Waals surface area contributed by atoms with Crippen LogP contribution in [0.15, 0.2) is 0 Å². The molecule has 0 aliphatic rings. The molecule has 0 heterocycles. The smallest absolute Gasteiger partial charge is 0.117 e. The Morgan fingerprint density at radius 3 is 1.50 bits per heavy atom. The number of rotatable bonds is 13. The minimum Gasteiger partial charge on any atom is -0.376 e. The van der Waals surface area contributed by atoms with Gasteiger partial charge in [0.05, 0.1) is 0 Å². The number of nitrogens with zero attached hydrogens (tertiary/aromatic N) is 1. The van der Waals surface area contributed by atoms with Gasteiger partial charge in [-0.25, -0.2) is 0 Å². The topological polar surface area (TPSA) is 23.5 Å². The molecule has 2 nitrogen and oxygen atoms in total. The van der Waals surface area contributed by atoms with Crippen molar-refractivity contribution in [2.45, 2.75) is 96.6 Å². The lowest BCUT2D eigenvalue weighted by molar-refractivity contribution is -0.0926. The Hall–Kier alpha value is 0.210. The average molecular weight is 308 g/mol. The van der Waals surface area contributed by atoms with Crippen molar-refractivity contribution in [3.63, 3.8) is 0 Å². The maximum atomic E-state index is 10.3. The highest BCUT2D eigenvalue weighted by molar-refractivity contribution is 5.85. The molecular weight excluding hydrogens is 270 g/mol. The number of hydrogen-bond acceptors (Lipinski definition) is 2. The molecule has 0 bridgehead atoms. The molecule has 0 aromatic heterocycles. The maximum Gasteiger partial charge on any atom is 0.117 e. The summed E-state index contributed by atoms with van der Waals surface area (Å²) in [5.74, 6) is 0. The summed E-state index contributed by atoms with van der Waals surface area (Å²) >= 11 is 0. The average Bonchev–Trinajstić information content (AvgIpc) is 2.40. The van der Waals surface area contributed by atoms with E-state index in [1.54, 1.807) is 0 Å². The van der Waals surface area contributed by atoms with Crippen molar-refractivity contribution in [2.75, 3.05) is 14.1 Å². The summed E-state index contributed by atoms with van der Waals surface area (Å²) in [4.78, 5) is 1.96. The predicted molar refractivity (Wildman–Crippen MR) is 92.6 cm³/mol. The molecule has 20 heavy (non-hydrogen) atoms. The Balaban J connectivity index is 0. The fraction of sp³-hybridized carbons (Fsp3) is 1.00. The Kier molecular flexibility index (Phi) is 15.9. The van der Waals surface area contributed by atoms with E-state index in [9.17, 15) is 5.11 Å². The van der Waals surface area contributed by atoms with Gasteiger partial charge in [0.2, 0.25) is 0 Å². The van der Waals surface area contributed by atoms with Gasteiger partial charge in [0.1, 0.15) is 5.72 Å². The Labute approximate surface area is 133 Å². The molecule has 1 unspecified atom stereocenters. The molecule has 0 aliphatic carbocycles. The molecule has 3 heteroatoms. The first-order chi connectivity index (χ1) is 9.06. The number of aliphatic hydroxyl groups is 1. The zero-order valence-electron chi connectivity index (χ0n) is 14.3. The molecule has 0 aromatic carbocycles. The van der Waals surface area contributed by atoms with Crippen LogP contribution in [0.4, 0.5) is 0 Å². The van der Waals surface area contributed by atoms with Crippen molar-refractivity contribution in [3.05, 3.63) is 0 Å². The maximum absolute atomic E-state index is 10.3. The molecule has 1 N–H and O–H groups in total. The van der Waals surface area contributed by atoms with E-state index in [0.29, 0.717) is 0 Å². The lowest BCUT2D eigenvalue weighted by Gasteiger charge is -2.34. The molecule has 0 radical (unpaired) electrons. The van der Waals surface area contributed by atoms with Gasteiger partial charge >= 0.3 is 0 Å². The van der Waals surface area contributed by atoms with Crippen LogP contribution in [0.3, 0.4) is 0 Å². The number of hydrogen-bond donors (Lipinski definition) is 1. The van der Waals surface area contributed by atoms with Gasteiger partial charge in [-0.15, -0.1) is 12.4 Å². The van der Waals surface area contributed by atoms with E-state index >= 15 is 0 Å². The van der Waals surface area contributed by atoms with Crippen molar-refractivity contribution < 1.29 is 5.11 Å². The minimum atomic E-state index is -0.583. The molecule has 0 fully saturated rings. The standard InChI is InChI=1S/C17H37NO.ClH/c1-5-7-8-9-10-11-12-13-14-15-16-17(19,6-2)18(3)4;/h19H,5-16H2,1-4H3;1H. The van der Waals surface area contributed by atoms with Gasteiger partial charge in [-0.05, 0) is 33.4 Å². The van der Waals surface area contributed by atoms with Gasteiger partial charge < -0.3 is 5.11 Å². The normalized spacial score (nSPS) is 14.1. The quantitative estimate of drug-likeness (QED) is 0.365. The van der Waals surface area contributed by atoms with Gasteiger partial charge in [-0.1, -0.05) is 71.6 Å². The third-order valence-corrected chi connectivity index (χ3v) is 4.33. The van der Waals surface area contributed by atoms with Crippen LogP contribution in [0.2, 0.25) is 0 Å². The molecule has 0 aromatic rings. The molecule has 0 amide bonds. The van der Waals surface area contributed by atoms with Gasteiger partial charge in [-0.2, -0.15) is 0 Å². The van der Waals surface area contributed by atoms with Crippen molar-refractivity contribution in [1.29, 1.82) is 0 Å². The van der Waals surface area contributed by atoms with Crippen LogP contribution >= 0.6 is 12.4 Å². The largest absolute Gasteiger partial charge is 0.376 e. The minimum absolute atomic E-state index is 0. The lowest BCUT2D eigenvalue weighted by atomic mass is 9.99. The van der Waals surface area contributed by atoms with Gasteiger partial charge in [0.25, 0.3) is 0 Å². The van der Waals surface area contributed by atoms with E-state index in [0.717, 1.165) is 19.3 Å². The summed E-state index contributed by atoms with van der Waals surface area (Å²) in [6.45, 7) is 4.33. The molecule has 0 aliphatic heterocycles. The van der Waals surface area contributed by atoms with Crippen molar-refractivity contribution in [2.24, 2.45) is 0 Å². The first-order valence-electron chi connectivity index (χ1n) is 8.46. The monoisotopic (exact) mass is 307 g/mol. The van der Waals surface area contributed by atoms with Gasteiger partial charge in [0, 0.05) is 0 Å². The Morgan fingerprint density at radius 2 is 1.15 bits per heavy atom. The predicted octanol–water partition coefficient (Wildman–Crippen LogP) is 5.38. The lowest BCUT2D eigenvalue weighted by Crippen LogP contribution is -2.43. The third-order valence-electron chi connectivity index (χ3n) is 4.33. The van der Waals surface area contributed by atoms with Crippen molar-refractivity contribution in [1.82, 2.24) is 4.90 Å². The molecule has 0 spiro atoms. The molecule has 0 rings (SSSR count). The molecule has 124 valence electrons. The second kappa shape index (κ2) is 14.2. The van der Waals surface area contributed by atoms with Gasteiger partial charge in [0.15, 0.2) is 0 Å². The van der Waals surface area contributed by atoms with Crippen LogP contribution < -0.4 is 0 Å². The molecule has 0 saturated carbocycles. The summed E-state index contributed by atoms with van der Waals surface area (Å²) in [5, 5.41) is 10.3. The Bertz CT molecular complexity index is 199. The number of unbranched alkanes of at least 4 members (excludes halogenated alkanes) is 9. The SMILES string of the molecule is CCCCCCCCCCCCC(O)(CC)N(C)C.Cl. The molecular formula is C17H38ClNO. The van der Waals surface area contributed by atoms with Crippen LogP contribution in [-0.4, -0.2) is 29.8 Å². The van der Waals surface area contributed by atoms with Crippen molar-refractivity contribution in [3.8, 4) is 0 Å². The summed E-state index contributed by atoms with van der Waals surface area (Å²) < 4.78 is 0. The van der Waals surface area contributed by atoms with Crippen LogP contribution in [0.5, 0.6) is 0 Å². The zero-order chi connectivity index (χ0) is 14.6.